The molecule has 1 aliphatic heterocycles. The van der Waals surface area contributed by atoms with Crippen LogP contribution in [0.1, 0.15) is 24.9 Å². The van der Waals surface area contributed by atoms with Crippen molar-refractivity contribution < 1.29 is 4.74 Å². The highest BCUT2D eigenvalue weighted by atomic mass is 16.5. The average molecular weight is 342 g/mol. The minimum atomic E-state index is 0.279. The third-order valence-corrected chi connectivity index (χ3v) is 5.53. The Balaban J connectivity index is 1.83. The Labute approximate surface area is 153 Å². The van der Waals surface area contributed by atoms with E-state index in [0.717, 1.165) is 12.2 Å². The van der Waals surface area contributed by atoms with Gasteiger partial charge in [0.15, 0.2) is 0 Å². The van der Waals surface area contributed by atoms with Crippen LogP contribution >= 0.6 is 0 Å². The highest BCUT2D eigenvalue weighted by Gasteiger charge is 2.28. The Morgan fingerprint density at radius 1 is 0.923 bits per heavy atom. The van der Waals surface area contributed by atoms with Crippen LogP contribution in [0.15, 0.2) is 66.7 Å². The topological polar surface area (TPSA) is 26.2 Å². The van der Waals surface area contributed by atoms with Crippen molar-refractivity contribution in [2.45, 2.75) is 25.4 Å². The molecule has 0 aliphatic carbocycles. The first-order valence-electron chi connectivity index (χ1n) is 9.18. The Hall–Kier alpha value is -2.94. The van der Waals surface area contributed by atoms with Crippen LogP contribution in [0.4, 0.5) is 5.69 Å². The average Bonchev–Trinajstić information content (AvgIpc) is 3.01. The van der Waals surface area contributed by atoms with Gasteiger partial charge < -0.3 is 14.6 Å². The highest BCUT2D eigenvalue weighted by Crippen LogP contribution is 2.42. The van der Waals surface area contributed by atoms with E-state index in [1.165, 1.54) is 33.1 Å². The first kappa shape index (κ1) is 15.3. The molecule has 4 aromatic rings. The smallest absolute Gasteiger partial charge is 0.119 e. The maximum atomic E-state index is 5.51. The standard InChI is InChI=1S/C23H22N2O/c1-15-13-23(19-14-16(26-2)11-12-20(19)24-15)25-21-9-5-3-7-17(21)18-8-4-6-10-22(18)25/h3-12,14-15,23-24H,13H2,1-2H3. The molecule has 1 aromatic heterocycles. The van der Waals surface area contributed by atoms with Gasteiger partial charge >= 0.3 is 0 Å². The van der Waals surface area contributed by atoms with E-state index >= 15 is 0 Å². The molecule has 0 saturated carbocycles. The van der Waals surface area contributed by atoms with Gasteiger partial charge in [0.2, 0.25) is 0 Å². The van der Waals surface area contributed by atoms with E-state index in [2.05, 4.69) is 77.5 Å². The maximum absolute atomic E-state index is 5.51. The summed E-state index contributed by atoms with van der Waals surface area (Å²) < 4.78 is 8.02. The van der Waals surface area contributed by atoms with Crippen LogP contribution in [0.2, 0.25) is 0 Å². The Morgan fingerprint density at radius 2 is 1.58 bits per heavy atom. The lowest BCUT2D eigenvalue weighted by Gasteiger charge is -2.33. The number of nitrogens with zero attached hydrogens (tertiary/aromatic N) is 1. The van der Waals surface area contributed by atoms with Crippen LogP contribution in [0.3, 0.4) is 0 Å². The summed E-state index contributed by atoms with van der Waals surface area (Å²) in [6.45, 7) is 2.26. The van der Waals surface area contributed by atoms with E-state index in [0.29, 0.717) is 6.04 Å². The van der Waals surface area contributed by atoms with Crippen LogP contribution in [0.25, 0.3) is 21.8 Å². The SMILES string of the molecule is COc1ccc2c(c1)C(n1c3ccccc3c3ccccc31)CC(C)N2. The molecular formula is C23H22N2O. The lowest BCUT2D eigenvalue weighted by molar-refractivity contribution is 0.412. The third kappa shape index (κ3) is 2.20. The number of anilines is 1. The summed E-state index contributed by atoms with van der Waals surface area (Å²) in [4.78, 5) is 0. The van der Waals surface area contributed by atoms with Gasteiger partial charge in [0.25, 0.3) is 0 Å². The lowest BCUT2D eigenvalue weighted by Crippen LogP contribution is -2.28. The quantitative estimate of drug-likeness (QED) is 0.513. The Kier molecular flexibility index (Phi) is 3.42. The fourth-order valence-corrected chi connectivity index (χ4v) is 4.39. The normalized spacial score (nSPS) is 19.3. The lowest BCUT2D eigenvalue weighted by atomic mass is 9.93. The molecule has 3 nitrogen and oxygen atoms in total. The Bertz CT molecular complexity index is 1060. The summed E-state index contributed by atoms with van der Waals surface area (Å²) in [5.74, 6) is 0.908. The van der Waals surface area contributed by atoms with Crippen molar-refractivity contribution in [1.82, 2.24) is 4.57 Å². The zero-order valence-electron chi connectivity index (χ0n) is 15.1. The van der Waals surface area contributed by atoms with Crippen LogP contribution in [-0.2, 0) is 0 Å². The number of hydrogen-bond donors (Lipinski definition) is 1. The number of nitrogens with one attached hydrogen (secondary N) is 1. The van der Waals surface area contributed by atoms with Gasteiger partial charge in [-0.15, -0.1) is 0 Å². The van der Waals surface area contributed by atoms with Gasteiger partial charge in [-0.05, 0) is 43.7 Å². The molecule has 0 spiro atoms. The van der Waals surface area contributed by atoms with Crippen molar-refractivity contribution in [3.8, 4) is 5.75 Å². The second-order valence-electron chi connectivity index (χ2n) is 7.15. The summed E-state index contributed by atoms with van der Waals surface area (Å²) in [7, 11) is 1.73. The van der Waals surface area contributed by atoms with Crippen molar-refractivity contribution in [3.05, 3.63) is 72.3 Å². The summed E-state index contributed by atoms with van der Waals surface area (Å²) in [6.07, 6.45) is 1.04. The fourth-order valence-electron chi connectivity index (χ4n) is 4.39. The number of hydrogen-bond acceptors (Lipinski definition) is 2. The van der Waals surface area contributed by atoms with E-state index in [1.807, 2.05) is 6.07 Å². The number of methoxy groups -OCH3 is 1. The number of para-hydroxylation sites is 2. The van der Waals surface area contributed by atoms with Gasteiger partial charge in [0, 0.05) is 39.1 Å². The predicted molar refractivity (Wildman–Crippen MR) is 108 cm³/mol. The molecule has 0 bridgehead atoms. The molecule has 2 atom stereocenters. The summed E-state index contributed by atoms with van der Waals surface area (Å²) >= 11 is 0. The van der Waals surface area contributed by atoms with Crippen LogP contribution in [-0.4, -0.2) is 17.7 Å². The van der Waals surface area contributed by atoms with E-state index in [1.54, 1.807) is 7.11 Å². The second-order valence-corrected chi connectivity index (χ2v) is 7.15. The molecule has 26 heavy (non-hydrogen) atoms. The predicted octanol–water partition coefficient (Wildman–Crippen LogP) is 5.60. The minimum Gasteiger partial charge on any atom is -0.497 e. The second kappa shape index (κ2) is 5.80. The number of rotatable bonds is 2. The third-order valence-electron chi connectivity index (χ3n) is 5.53. The fraction of sp³-hybridized carbons (Fsp3) is 0.217. The van der Waals surface area contributed by atoms with E-state index in [-0.39, 0.29) is 6.04 Å². The summed E-state index contributed by atoms with van der Waals surface area (Å²) in [6, 6.07) is 24.5. The number of benzene rings is 3. The molecule has 2 heterocycles. The van der Waals surface area contributed by atoms with E-state index in [4.69, 9.17) is 4.74 Å². The molecule has 0 fully saturated rings. The molecule has 0 amide bonds. The van der Waals surface area contributed by atoms with Gasteiger partial charge in [0.1, 0.15) is 5.75 Å². The van der Waals surface area contributed by atoms with Crippen molar-refractivity contribution in [2.75, 3.05) is 12.4 Å². The van der Waals surface area contributed by atoms with Gasteiger partial charge in [-0.3, -0.25) is 0 Å². The van der Waals surface area contributed by atoms with Crippen molar-refractivity contribution in [2.24, 2.45) is 0 Å². The molecule has 1 N–H and O–H groups in total. The van der Waals surface area contributed by atoms with Crippen LogP contribution in [0, 0.1) is 0 Å². The van der Waals surface area contributed by atoms with Crippen molar-refractivity contribution >= 4 is 27.5 Å². The van der Waals surface area contributed by atoms with E-state index < -0.39 is 0 Å². The van der Waals surface area contributed by atoms with Gasteiger partial charge in [-0.1, -0.05) is 36.4 Å². The largest absolute Gasteiger partial charge is 0.497 e. The Morgan fingerprint density at radius 3 is 2.23 bits per heavy atom. The molecule has 3 aromatic carbocycles. The van der Waals surface area contributed by atoms with E-state index in [9.17, 15) is 0 Å². The summed E-state index contributed by atoms with van der Waals surface area (Å²) in [5, 5.41) is 6.27. The monoisotopic (exact) mass is 342 g/mol. The highest BCUT2D eigenvalue weighted by molar-refractivity contribution is 6.08. The zero-order valence-corrected chi connectivity index (χ0v) is 15.1. The van der Waals surface area contributed by atoms with Crippen molar-refractivity contribution in [1.29, 1.82) is 0 Å². The van der Waals surface area contributed by atoms with Gasteiger partial charge in [-0.25, -0.2) is 0 Å². The molecule has 130 valence electrons. The maximum Gasteiger partial charge on any atom is 0.119 e. The molecule has 3 heteroatoms. The summed E-state index contributed by atoms with van der Waals surface area (Å²) in [5.41, 5.74) is 5.09. The first-order chi connectivity index (χ1) is 12.8. The molecule has 2 unspecified atom stereocenters. The molecule has 1 aliphatic rings. The van der Waals surface area contributed by atoms with Crippen LogP contribution < -0.4 is 10.1 Å². The zero-order chi connectivity index (χ0) is 17.7. The van der Waals surface area contributed by atoms with Crippen LogP contribution in [0.5, 0.6) is 5.75 Å². The van der Waals surface area contributed by atoms with Crippen molar-refractivity contribution in [3.63, 3.8) is 0 Å². The van der Waals surface area contributed by atoms with Gasteiger partial charge in [-0.2, -0.15) is 0 Å². The number of ether oxygens (including phenoxy) is 1. The first-order valence-corrected chi connectivity index (χ1v) is 9.18. The van der Waals surface area contributed by atoms with Gasteiger partial charge in [0.05, 0.1) is 13.2 Å². The molecule has 0 saturated heterocycles. The number of fused-ring (bicyclic) bond motifs is 4. The minimum absolute atomic E-state index is 0.279. The molecular weight excluding hydrogens is 320 g/mol. The molecule has 5 rings (SSSR count). The molecule has 0 radical (unpaired) electrons. The number of aromatic nitrogens is 1.